The Kier molecular flexibility index (Phi) is 5.87. The van der Waals surface area contributed by atoms with Gasteiger partial charge in [0.25, 0.3) is 0 Å². The molecule has 3 rings (SSSR count). The molecule has 1 amide bonds. The molecule has 0 unspecified atom stereocenters. The predicted molar refractivity (Wildman–Crippen MR) is 86.0 cm³/mol. The summed E-state index contributed by atoms with van der Waals surface area (Å²) in [5, 5.41) is 11.2. The Hall–Kier alpha value is -1.90. The minimum absolute atomic E-state index is 0.196. The molecule has 0 aromatic carbocycles. The molecule has 3 atom stereocenters. The molecule has 1 aromatic rings. The Bertz CT molecular complexity index is 665. The van der Waals surface area contributed by atoms with Crippen LogP contribution >= 0.6 is 11.3 Å². The summed E-state index contributed by atoms with van der Waals surface area (Å²) in [5.74, 6) is -1.23. The first-order valence-electron chi connectivity index (χ1n) is 7.77. The number of nitrogens with one attached hydrogen (secondary N) is 1. The Morgan fingerprint density at radius 1 is 1.32 bits per heavy atom. The van der Waals surface area contributed by atoms with Gasteiger partial charge in [-0.15, -0.1) is 11.3 Å². The molecule has 25 heavy (non-hydrogen) atoms. The molecule has 2 N–H and O–H groups in total. The molecule has 2 aliphatic rings. The maximum atomic E-state index is 12.1. The van der Waals surface area contributed by atoms with E-state index in [1.807, 2.05) is 6.92 Å². The second-order valence-electron chi connectivity index (χ2n) is 6.16. The second kappa shape index (κ2) is 7.55. The van der Waals surface area contributed by atoms with Crippen molar-refractivity contribution in [2.45, 2.75) is 39.4 Å². The highest BCUT2D eigenvalue weighted by molar-refractivity contribution is 7.11. The largest absolute Gasteiger partial charge is 0.490 e. The number of hydrogen-bond acceptors (Lipinski definition) is 4. The fourth-order valence-corrected chi connectivity index (χ4v) is 3.86. The third-order valence-corrected chi connectivity index (χ3v) is 5.42. The monoisotopic (exact) mass is 376 g/mol. The summed E-state index contributed by atoms with van der Waals surface area (Å²) in [4.78, 5) is 26.7. The number of fused-ring (bicyclic) bond motifs is 2. The molecule has 0 radical (unpaired) electrons. The van der Waals surface area contributed by atoms with E-state index in [9.17, 15) is 18.0 Å². The van der Waals surface area contributed by atoms with E-state index < -0.39 is 12.1 Å². The topological polar surface area (TPSA) is 79.3 Å². The van der Waals surface area contributed by atoms with Crippen LogP contribution in [-0.2, 0) is 16.1 Å². The fourth-order valence-electron chi connectivity index (χ4n) is 2.99. The summed E-state index contributed by atoms with van der Waals surface area (Å²) in [7, 11) is 0. The van der Waals surface area contributed by atoms with Crippen LogP contribution in [0.3, 0.4) is 0 Å². The third-order valence-electron chi connectivity index (χ3n) is 4.34. The Morgan fingerprint density at radius 3 is 2.36 bits per heavy atom. The van der Waals surface area contributed by atoms with Crippen molar-refractivity contribution >= 4 is 23.2 Å². The van der Waals surface area contributed by atoms with E-state index in [1.165, 1.54) is 11.3 Å². The molecule has 1 heterocycles. The number of halogens is 3. The molecular weight excluding hydrogens is 357 g/mol. The highest BCUT2D eigenvalue weighted by Gasteiger charge is 2.39. The zero-order chi connectivity index (χ0) is 18.8. The number of nitrogens with zero attached hydrogens (tertiary/aromatic N) is 1. The number of rotatable bonds is 3. The number of thiazole rings is 1. The smallest absolute Gasteiger partial charge is 0.475 e. The molecule has 1 aromatic heterocycles. The average Bonchev–Trinajstić information content (AvgIpc) is 3.21. The van der Waals surface area contributed by atoms with Crippen LogP contribution in [0.2, 0.25) is 0 Å². The SMILES string of the molecule is Cc1nc(CNC(=O)[C@@H]2C[C@@H]3C=C[C@H]2C3)sc1C.O=C(O)C(F)(F)F. The van der Waals surface area contributed by atoms with Crippen LogP contribution in [0, 0.1) is 31.6 Å². The van der Waals surface area contributed by atoms with Crippen LogP contribution in [0.1, 0.15) is 28.4 Å². The third kappa shape index (κ3) is 5.04. The summed E-state index contributed by atoms with van der Waals surface area (Å²) in [6.07, 6.45) is 1.61. The van der Waals surface area contributed by atoms with Crippen LogP contribution in [0.25, 0.3) is 0 Å². The van der Waals surface area contributed by atoms with Gasteiger partial charge < -0.3 is 10.4 Å². The molecule has 5 nitrogen and oxygen atoms in total. The van der Waals surface area contributed by atoms with Crippen molar-refractivity contribution in [3.63, 3.8) is 0 Å². The molecule has 9 heteroatoms. The number of carbonyl (C=O) groups is 2. The molecular formula is C16H19F3N2O3S. The summed E-state index contributed by atoms with van der Waals surface area (Å²) in [6.45, 7) is 4.66. The summed E-state index contributed by atoms with van der Waals surface area (Å²) in [5.41, 5.74) is 1.08. The van der Waals surface area contributed by atoms with Gasteiger partial charge in [-0.25, -0.2) is 9.78 Å². The number of aryl methyl sites for hydroxylation is 2. The van der Waals surface area contributed by atoms with Gasteiger partial charge in [0.15, 0.2) is 0 Å². The van der Waals surface area contributed by atoms with Crippen molar-refractivity contribution < 1.29 is 27.9 Å². The van der Waals surface area contributed by atoms with Gasteiger partial charge in [0.1, 0.15) is 5.01 Å². The quantitative estimate of drug-likeness (QED) is 0.794. The Balaban J connectivity index is 0.000000277. The molecule has 0 spiro atoms. The second-order valence-corrected chi connectivity index (χ2v) is 7.44. The van der Waals surface area contributed by atoms with Crippen molar-refractivity contribution in [2.24, 2.45) is 17.8 Å². The number of carboxylic acids is 1. The van der Waals surface area contributed by atoms with Crippen LogP contribution in [0.4, 0.5) is 13.2 Å². The number of hydrogen-bond donors (Lipinski definition) is 2. The lowest BCUT2D eigenvalue weighted by Gasteiger charge is -2.16. The molecule has 1 fully saturated rings. The van der Waals surface area contributed by atoms with Gasteiger partial charge in [-0.1, -0.05) is 12.2 Å². The number of aromatic nitrogens is 1. The van der Waals surface area contributed by atoms with Gasteiger partial charge in [0, 0.05) is 10.8 Å². The van der Waals surface area contributed by atoms with E-state index >= 15 is 0 Å². The predicted octanol–water partition coefficient (Wildman–Crippen LogP) is 3.22. The van der Waals surface area contributed by atoms with Crippen LogP contribution < -0.4 is 5.32 Å². The van der Waals surface area contributed by atoms with Gasteiger partial charge in [-0.3, -0.25) is 4.79 Å². The van der Waals surface area contributed by atoms with Gasteiger partial charge in [0.2, 0.25) is 5.91 Å². The number of alkyl halides is 3. The first-order valence-corrected chi connectivity index (χ1v) is 8.58. The Labute approximate surface area is 147 Å². The van der Waals surface area contributed by atoms with Gasteiger partial charge >= 0.3 is 12.1 Å². The van der Waals surface area contributed by atoms with E-state index in [4.69, 9.17) is 9.90 Å². The lowest BCUT2D eigenvalue weighted by molar-refractivity contribution is -0.192. The summed E-state index contributed by atoms with van der Waals surface area (Å²) >= 11 is 1.67. The van der Waals surface area contributed by atoms with Crippen molar-refractivity contribution in [3.05, 3.63) is 27.7 Å². The number of allylic oxidation sites excluding steroid dienone is 2. The van der Waals surface area contributed by atoms with Crippen molar-refractivity contribution in [1.82, 2.24) is 10.3 Å². The number of carboxylic acid groups (broad SMARTS) is 1. The lowest BCUT2D eigenvalue weighted by Crippen LogP contribution is -2.32. The zero-order valence-corrected chi connectivity index (χ0v) is 14.6. The number of aliphatic carboxylic acids is 1. The number of amides is 1. The summed E-state index contributed by atoms with van der Waals surface area (Å²) < 4.78 is 31.7. The van der Waals surface area contributed by atoms with E-state index in [0.717, 1.165) is 17.1 Å². The Morgan fingerprint density at radius 2 is 1.96 bits per heavy atom. The van der Waals surface area contributed by atoms with Crippen LogP contribution in [-0.4, -0.2) is 28.1 Å². The van der Waals surface area contributed by atoms with Gasteiger partial charge in [-0.05, 0) is 38.5 Å². The van der Waals surface area contributed by atoms with E-state index in [1.54, 1.807) is 11.3 Å². The van der Waals surface area contributed by atoms with Gasteiger partial charge in [0.05, 0.1) is 12.2 Å². The highest BCUT2D eigenvalue weighted by Crippen LogP contribution is 2.43. The van der Waals surface area contributed by atoms with Crippen molar-refractivity contribution in [3.8, 4) is 0 Å². The minimum Gasteiger partial charge on any atom is -0.475 e. The molecule has 0 saturated heterocycles. The standard InChI is InChI=1S/C14H18N2OS.C2HF3O2/c1-8-9(2)18-13(16-8)7-15-14(17)12-6-10-3-4-11(12)5-10;3-2(4,5)1(6)7/h3-4,10-12H,5-7H2,1-2H3,(H,15,17);(H,6,7)/t10-,11+,12-;/m1./s1. The van der Waals surface area contributed by atoms with E-state index in [-0.39, 0.29) is 11.8 Å². The average molecular weight is 376 g/mol. The van der Waals surface area contributed by atoms with Gasteiger partial charge in [-0.2, -0.15) is 13.2 Å². The lowest BCUT2D eigenvalue weighted by atomic mass is 9.93. The minimum atomic E-state index is -5.08. The maximum absolute atomic E-state index is 12.1. The van der Waals surface area contributed by atoms with Crippen LogP contribution in [0.5, 0.6) is 0 Å². The van der Waals surface area contributed by atoms with E-state index in [0.29, 0.717) is 18.4 Å². The zero-order valence-electron chi connectivity index (χ0n) is 13.8. The molecule has 2 bridgehead atoms. The van der Waals surface area contributed by atoms with Crippen LogP contribution in [0.15, 0.2) is 12.2 Å². The molecule has 0 aliphatic heterocycles. The molecule has 1 saturated carbocycles. The number of carbonyl (C=O) groups excluding carboxylic acids is 1. The van der Waals surface area contributed by atoms with Crippen molar-refractivity contribution in [1.29, 1.82) is 0 Å². The maximum Gasteiger partial charge on any atom is 0.490 e. The fraction of sp³-hybridized carbons (Fsp3) is 0.562. The van der Waals surface area contributed by atoms with E-state index in [2.05, 4.69) is 29.4 Å². The normalized spacial score (nSPS) is 24.0. The molecule has 2 aliphatic carbocycles. The molecule has 138 valence electrons. The first-order chi connectivity index (χ1) is 11.6. The first kappa shape index (κ1) is 19.4. The highest BCUT2D eigenvalue weighted by atomic mass is 32.1. The summed E-state index contributed by atoms with van der Waals surface area (Å²) in [6, 6.07) is 0. The van der Waals surface area contributed by atoms with Crippen molar-refractivity contribution in [2.75, 3.05) is 0 Å².